The molecule has 1 aromatic carbocycles. The van der Waals surface area contributed by atoms with Crippen molar-refractivity contribution in [1.29, 1.82) is 0 Å². The van der Waals surface area contributed by atoms with Gasteiger partial charge in [0.15, 0.2) is 0 Å². The minimum absolute atomic E-state index is 0.000724. The van der Waals surface area contributed by atoms with E-state index in [1.54, 1.807) is 0 Å². The maximum atomic E-state index is 13.2. The Morgan fingerprint density at radius 2 is 2.16 bits per heavy atom. The van der Waals surface area contributed by atoms with E-state index in [9.17, 15) is 12.8 Å². The minimum Gasteiger partial charge on any atom is -0.207 e. The monoisotopic (exact) mass is 301 g/mol. The zero-order valence-corrected chi connectivity index (χ0v) is 11.7. The van der Waals surface area contributed by atoms with E-state index in [1.807, 2.05) is 0 Å². The molecule has 0 N–H and O–H groups in total. The Bertz CT molecular complexity index is 620. The maximum Gasteiger partial charge on any atom is 0.245 e. The minimum atomic E-state index is -3.85. The summed E-state index contributed by atoms with van der Waals surface area (Å²) < 4.78 is 39.3. The maximum absolute atomic E-state index is 13.2. The molecule has 0 aromatic heterocycles. The molecule has 0 radical (unpaired) electrons. The molecule has 102 valence electrons. The molecule has 1 aliphatic carbocycles. The molecule has 0 unspecified atom stereocenters. The molecule has 0 heterocycles. The number of rotatable bonds is 5. The molecule has 0 bridgehead atoms. The lowest BCUT2D eigenvalue weighted by Gasteiger charge is -2.20. The number of nitrogens with zero attached hydrogens (tertiary/aromatic N) is 1. The highest BCUT2D eigenvalue weighted by Gasteiger charge is 2.32. The zero-order chi connectivity index (χ0) is 14.0. The van der Waals surface area contributed by atoms with Crippen LogP contribution in [0.15, 0.2) is 23.1 Å². The number of terminal acetylenes is 1. The molecule has 1 aromatic rings. The first kappa shape index (κ1) is 14.3. The van der Waals surface area contributed by atoms with E-state index in [-0.39, 0.29) is 16.5 Å². The third-order valence-corrected chi connectivity index (χ3v) is 5.23. The van der Waals surface area contributed by atoms with Crippen molar-refractivity contribution in [2.75, 3.05) is 13.1 Å². The fraction of sp³-hybridized carbons (Fsp3) is 0.385. The Morgan fingerprint density at radius 3 is 2.74 bits per heavy atom. The highest BCUT2D eigenvalue weighted by Crippen LogP contribution is 2.32. The molecule has 19 heavy (non-hydrogen) atoms. The van der Waals surface area contributed by atoms with Gasteiger partial charge in [0.1, 0.15) is 10.7 Å². The topological polar surface area (TPSA) is 37.4 Å². The molecule has 6 heteroatoms. The normalized spacial score (nSPS) is 15.5. The third kappa shape index (κ3) is 3.27. The van der Waals surface area contributed by atoms with Crippen LogP contribution >= 0.6 is 11.6 Å². The van der Waals surface area contributed by atoms with E-state index in [2.05, 4.69) is 5.92 Å². The molecule has 1 aliphatic rings. The van der Waals surface area contributed by atoms with Crippen molar-refractivity contribution in [2.45, 2.75) is 17.7 Å². The van der Waals surface area contributed by atoms with Gasteiger partial charge in [0.05, 0.1) is 11.6 Å². The summed E-state index contributed by atoms with van der Waals surface area (Å²) in [4.78, 5) is -0.231. The van der Waals surface area contributed by atoms with E-state index in [4.69, 9.17) is 18.0 Å². The molecule has 3 nitrogen and oxygen atoms in total. The van der Waals surface area contributed by atoms with E-state index < -0.39 is 15.8 Å². The van der Waals surface area contributed by atoms with Crippen molar-refractivity contribution >= 4 is 21.6 Å². The molecule has 0 atom stereocenters. The van der Waals surface area contributed by atoms with E-state index in [1.165, 1.54) is 10.4 Å². The first-order valence-electron chi connectivity index (χ1n) is 5.84. The molecule has 0 amide bonds. The lowest BCUT2D eigenvalue weighted by atomic mass is 10.3. The number of hydrogen-bond acceptors (Lipinski definition) is 2. The van der Waals surface area contributed by atoms with Crippen molar-refractivity contribution in [2.24, 2.45) is 5.92 Å². The fourth-order valence-corrected chi connectivity index (χ4v) is 3.67. The standard InChI is InChI=1S/C13H13ClFNO2S/c1-2-7-16(9-10-3-4-10)19(17,18)13-8-11(15)5-6-12(13)14/h1,5-6,8,10H,3-4,7,9H2. The average Bonchev–Trinajstić information content (AvgIpc) is 3.15. The Morgan fingerprint density at radius 1 is 1.47 bits per heavy atom. The van der Waals surface area contributed by atoms with Crippen molar-refractivity contribution in [1.82, 2.24) is 4.31 Å². The van der Waals surface area contributed by atoms with Gasteiger partial charge in [-0.05, 0) is 37.0 Å². The van der Waals surface area contributed by atoms with Crippen molar-refractivity contribution < 1.29 is 12.8 Å². The van der Waals surface area contributed by atoms with Crippen molar-refractivity contribution in [3.63, 3.8) is 0 Å². The lowest BCUT2D eigenvalue weighted by Crippen LogP contribution is -2.33. The van der Waals surface area contributed by atoms with Gasteiger partial charge in [-0.1, -0.05) is 17.5 Å². The van der Waals surface area contributed by atoms with Crippen LogP contribution < -0.4 is 0 Å². The largest absolute Gasteiger partial charge is 0.245 e. The quantitative estimate of drug-likeness (QED) is 0.784. The van der Waals surface area contributed by atoms with Crippen LogP contribution in [0.4, 0.5) is 4.39 Å². The van der Waals surface area contributed by atoms with Crippen LogP contribution in [0.3, 0.4) is 0 Å². The van der Waals surface area contributed by atoms with E-state index in [0.717, 1.165) is 25.0 Å². The molecule has 1 fully saturated rings. The Kier molecular flexibility index (Phi) is 4.14. The summed E-state index contributed by atoms with van der Waals surface area (Å²) in [6.07, 6.45) is 7.19. The van der Waals surface area contributed by atoms with E-state index in [0.29, 0.717) is 12.5 Å². The molecule has 1 saturated carbocycles. The molecule has 2 rings (SSSR count). The number of benzene rings is 1. The number of hydrogen-bond donors (Lipinski definition) is 0. The number of sulfonamides is 1. The van der Waals surface area contributed by atoms with Crippen LogP contribution in [0, 0.1) is 24.1 Å². The van der Waals surface area contributed by atoms with Gasteiger partial charge in [0.25, 0.3) is 0 Å². The summed E-state index contributed by atoms with van der Waals surface area (Å²) in [6.45, 7) is 0.324. The summed E-state index contributed by atoms with van der Waals surface area (Å²) in [6, 6.07) is 3.27. The SMILES string of the molecule is C#CCN(CC1CC1)S(=O)(=O)c1cc(F)ccc1Cl. The summed E-state index contributed by atoms with van der Waals surface area (Å²) in [7, 11) is -3.85. The Hall–Kier alpha value is -1.09. The second-order valence-corrected chi connectivity index (χ2v) is 6.83. The Labute approximate surface area is 117 Å². The summed E-state index contributed by atoms with van der Waals surface area (Å²) in [5, 5.41) is -0.000724. The van der Waals surface area contributed by atoms with Crippen molar-refractivity contribution in [3.8, 4) is 12.3 Å². The van der Waals surface area contributed by atoms with Crippen LogP contribution in [0.25, 0.3) is 0 Å². The molecular weight excluding hydrogens is 289 g/mol. The summed E-state index contributed by atoms with van der Waals surface area (Å²) in [5.41, 5.74) is 0. The predicted molar refractivity (Wildman–Crippen MR) is 71.7 cm³/mol. The van der Waals surface area contributed by atoms with Gasteiger partial charge in [-0.2, -0.15) is 4.31 Å². The molecule has 0 aliphatic heterocycles. The van der Waals surface area contributed by atoms with Gasteiger partial charge >= 0.3 is 0 Å². The second-order valence-electron chi connectivity index (χ2n) is 4.52. The molecular formula is C13H13ClFNO2S. The third-order valence-electron chi connectivity index (χ3n) is 2.94. The Balaban J connectivity index is 2.37. The molecule has 0 saturated heterocycles. The summed E-state index contributed by atoms with van der Waals surface area (Å²) in [5.74, 6) is 2.02. The smallest absolute Gasteiger partial charge is 0.207 e. The van der Waals surface area contributed by atoms with Crippen LogP contribution in [0.5, 0.6) is 0 Å². The number of halogens is 2. The van der Waals surface area contributed by atoms with Crippen LogP contribution in [-0.2, 0) is 10.0 Å². The fourth-order valence-electron chi connectivity index (χ4n) is 1.75. The van der Waals surface area contributed by atoms with Crippen LogP contribution in [0.2, 0.25) is 5.02 Å². The lowest BCUT2D eigenvalue weighted by molar-refractivity contribution is 0.429. The van der Waals surface area contributed by atoms with Gasteiger partial charge in [-0.15, -0.1) is 6.42 Å². The van der Waals surface area contributed by atoms with Gasteiger partial charge in [-0.25, -0.2) is 12.8 Å². The van der Waals surface area contributed by atoms with Crippen LogP contribution in [0.1, 0.15) is 12.8 Å². The second kappa shape index (κ2) is 5.49. The summed E-state index contributed by atoms with van der Waals surface area (Å²) >= 11 is 5.85. The highest BCUT2D eigenvalue weighted by atomic mass is 35.5. The predicted octanol–water partition coefficient (Wildman–Crippen LogP) is 2.51. The highest BCUT2D eigenvalue weighted by molar-refractivity contribution is 7.89. The van der Waals surface area contributed by atoms with E-state index >= 15 is 0 Å². The van der Waals surface area contributed by atoms with Gasteiger partial charge in [-0.3, -0.25) is 0 Å². The first-order valence-corrected chi connectivity index (χ1v) is 7.65. The van der Waals surface area contributed by atoms with Gasteiger partial charge in [0.2, 0.25) is 10.0 Å². The van der Waals surface area contributed by atoms with Gasteiger partial charge in [0, 0.05) is 6.54 Å². The first-order chi connectivity index (χ1) is 8.95. The van der Waals surface area contributed by atoms with Gasteiger partial charge < -0.3 is 0 Å². The zero-order valence-electron chi connectivity index (χ0n) is 10.1. The van der Waals surface area contributed by atoms with Crippen LogP contribution in [-0.4, -0.2) is 25.8 Å². The molecule has 0 spiro atoms. The van der Waals surface area contributed by atoms with Crippen molar-refractivity contribution in [3.05, 3.63) is 29.0 Å². The average molecular weight is 302 g/mol.